The number of benzene rings is 6. The maximum atomic E-state index is 14.3. The number of hydrogen-bond donors (Lipinski definition) is 4. The highest BCUT2D eigenvalue weighted by atomic mass is 16.7. The lowest BCUT2D eigenvalue weighted by Crippen LogP contribution is -2.44. The molecule has 6 aromatic rings. The van der Waals surface area contributed by atoms with Crippen LogP contribution in [0.15, 0.2) is 133 Å². The SMILES string of the molecule is CCCCN(C(=O)CN1C[C@H](c2ccc3c(c2)OCO3)[C@@H](C(=O)O)[C@@H]1CCc1cccc2c1OCO2)c1cccc(C[N+](C)(C)C)c1.COc1ccc([C@H]2CN(C)[C@@H](C)[C@@H]2C(=O)O)cc1.COc1ccc([C@H]2CN(C)[C@@H](C)[C@@H]2C(=O)O)cc1.COc1ccc([C@H]2CN(C)[C@@H](C)[C@@H]2C(=O)O)cc1. The predicted octanol–water partition coefficient (Wildman–Crippen LogP) is 10.7. The molecule has 1 amide bonds. The summed E-state index contributed by atoms with van der Waals surface area (Å²) >= 11 is 0. The lowest BCUT2D eigenvalue weighted by atomic mass is 9.83. The number of para-hydroxylation sites is 1. The van der Waals surface area contributed by atoms with Crippen molar-refractivity contribution in [3.8, 4) is 40.2 Å². The number of unbranched alkanes of at least 4 members (excludes halogenated alkanes) is 1. The smallest absolute Gasteiger partial charge is 0.308 e. The molecule has 22 heteroatoms. The minimum atomic E-state index is -0.874. The Morgan fingerprint density at radius 2 is 0.950 bits per heavy atom. The third kappa shape index (κ3) is 18.4. The van der Waals surface area contributed by atoms with Gasteiger partial charge in [0.25, 0.3) is 0 Å². The highest BCUT2D eigenvalue weighted by Crippen LogP contribution is 2.46. The Morgan fingerprint density at radius 3 is 1.41 bits per heavy atom. The number of hydrogen-bond acceptors (Lipinski definition) is 16. The number of methoxy groups -OCH3 is 3. The van der Waals surface area contributed by atoms with Crippen LogP contribution in [0.3, 0.4) is 0 Å². The predicted molar refractivity (Wildman–Crippen MR) is 385 cm³/mol. The molecule has 0 aliphatic carbocycles. The summed E-state index contributed by atoms with van der Waals surface area (Å²) < 4.78 is 38.7. The van der Waals surface area contributed by atoms with Crippen LogP contribution in [0.4, 0.5) is 5.69 Å². The Bertz CT molecular complexity index is 3580. The number of carbonyl (C=O) groups is 5. The lowest BCUT2D eigenvalue weighted by molar-refractivity contribution is -0.884. The van der Waals surface area contributed by atoms with Gasteiger partial charge in [0, 0.05) is 91.8 Å². The number of ether oxygens (including phenoxy) is 7. The number of fused-ring (bicyclic) bond motifs is 2. The first-order chi connectivity index (χ1) is 48.2. The molecule has 544 valence electrons. The molecule has 6 aliphatic rings. The first-order valence-corrected chi connectivity index (χ1v) is 34.9. The average molecular weight is 1390 g/mol. The molecule has 101 heavy (non-hydrogen) atoms. The second-order valence-corrected chi connectivity index (χ2v) is 28.6. The number of carboxylic acids is 4. The molecule has 6 aromatic carbocycles. The van der Waals surface area contributed by atoms with Crippen molar-refractivity contribution in [1.29, 1.82) is 0 Å². The van der Waals surface area contributed by atoms with Crippen LogP contribution in [0.5, 0.6) is 40.2 Å². The number of anilines is 1. The number of quaternary nitrogens is 1. The first-order valence-electron chi connectivity index (χ1n) is 34.9. The largest absolute Gasteiger partial charge is 0.497 e. The van der Waals surface area contributed by atoms with Crippen LogP contribution in [0.2, 0.25) is 0 Å². The maximum absolute atomic E-state index is 14.3. The molecule has 0 bridgehead atoms. The second-order valence-electron chi connectivity index (χ2n) is 28.6. The van der Waals surface area contributed by atoms with E-state index in [1.54, 1.807) is 21.3 Å². The number of aryl methyl sites for hydroxylation is 1. The zero-order valence-corrected chi connectivity index (χ0v) is 60.7. The van der Waals surface area contributed by atoms with E-state index in [9.17, 15) is 44.4 Å². The summed E-state index contributed by atoms with van der Waals surface area (Å²) in [6, 6.07) is 42.6. The summed E-state index contributed by atoms with van der Waals surface area (Å²) in [5, 5.41) is 38.9. The number of amides is 1. The van der Waals surface area contributed by atoms with E-state index in [1.807, 2.05) is 168 Å². The van der Waals surface area contributed by atoms with Gasteiger partial charge in [-0.3, -0.25) is 28.9 Å². The monoisotopic (exact) mass is 1390 g/mol. The topological polar surface area (TPSA) is 247 Å². The van der Waals surface area contributed by atoms with E-state index in [1.165, 1.54) is 5.56 Å². The van der Waals surface area contributed by atoms with Gasteiger partial charge in [-0.15, -0.1) is 0 Å². The van der Waals surface area contributed by atoms with Crippen molar-refractivity contribution in [1.82, 2.24) is 19.6 Å². The second kappa shape index (κ2) is 34.2. The van der Waals surface area contributed by atoms with Gasteiger partial charge in [0.15, 0.2) is 23.0 Å². The average Bonchev–Trinajstić information content (AvgIpc) is 1.64. The zero-order valence-electron chi connectivity index (χ0n) is 60.7. The quantitative estimate of drug-likeness (QED) is 0.0461. The Balaban J connectivity index is 0.000000180. The third-order valence-corrected chi connectivity index (χ3v) is 21.2. The number of likely N-dealkylation sites (N-methyl/N-ethyl adjacent to an activating group) is 3. The van der Waals surface area contributed by atoms with Crippen LogP contribution >= 0.6 is 0 Å². The van der Waals surface area contributed by atoms with E-state index >= 15 is 0 Å². The minimum absolute atomic E-state index is 0.0290. The van der Waals surface area contributed by atoms with Crippen molar-refractivity contribution >= 4 is 35.5 Å². The number of likely N-dealkylation sites (tertiary alicyclic amines) is 4. The van der Waals surface area contributed by atoms with Crippen molar-refractivity contribution in [3.63, 3.8) is 0 Å². The normalized spacial score (nSPS) is 24.4. The van der Waals surface area contributed by atoms with Crippen molar-refractivity contribution < 1.29 is 82.0 Å². The van der Waals surface area contributed by atoms with E-state index in [0.717, 1.165) is 94.3 Å². The molecule has 0 saturated carbocycles. The van der Waals surface area contributed by atoms with Gasteiger partial charge in [-0.05, 0) is 156 Å². The van der Waals surface area contributed by atoms with Crippen LogP contribution in [0, 0.1) is 23.7 Å². The Labute approximate surface area is 594 Å². The lowest BCUT2D eigenvalue weighted by Gasteiger charge is -2.30. The molecular weight excluding hydrogens is 1290 g/mol. The fraction of sp³-hybridized carbons (Fsp3) is 0.481. The minimum Gasteiger partial charge on any atom is -0.497 e. The highest BCUT2D eigenvalue weighted by molar-refractivity contribution is 5.95. The molecule has 6 aliphatic heterocycles. The van der Waals surface area contributed by atoms with Gasteiger partial charge in [-0.1, -0.05) is 80.1 Å². The summed E-state index contributed by atoms with van der Waals surface area (Å²) in [4.78, 5) is 71.9. The Kier molecular flexibility index (Phi) is 25.8. The van der Waals surface area contributed by atoms with Gasteiger partial charge in [-0.2, -0.15) is 0 Å². The summed E-state index contributed by atoms with van der Waals surface area (Å²) in [5.74, 6) is 0.0841. The van der Waals surface area contributed by atoms with E-state index in [4.69, 9.17) is 33.2 Å². The summed E-state index contributed by atoms with van der Waals surface area (Å²) in [6.07, 6.45) is 2.95. The molecule has 12 atom stereocenters. The molecule has 6 heterocycles. The van der Waals surface area contributed by atoms with E-state index in [0.29, 0.717) is 48.9 Å². The Morgan fingerprint density at radius 1 is 0.515 bits per heavy atom. The summed E-state index contributed by atoms with van der Waals surface area (Å²) in [5.41, 5.74) is 7.09. The van der Waals surface area contributed by atoms with E-state index < -0.39 is 29.8 Å². The molecule has 0 radical (unpaired) electrons. The highest BCUT2D eigenvalue weighted by Gasteiger charge is 2.49. The van der Waals surface area contributed by atoms with Gasteiger partial charge in [0.1, 0.15) is 23.8 Å². The van der Waals surface area contributed by atoms with Gasteiger partial charge in [-0.25, -0.2) is 0 Å². The number of carboxylic acid groups (broad SMARTS) is 4. The molecule has 12 rings (SSSR count). The van der Waals surface area contributed by atoms with Gasteiger partial charge >= 0.3 is 23.9 Å². The molecule has 22 nitrogen and oxygen atoms in total. The molecule has 4 fully saturated rings. The van der Waals surface area contributed by atoms with Crippen LogP contribution < -0.4 is 38.1 Å². The fourth-order valence-electron chi connectivity index (χ4n) is 15.4. The Hall–Kier alpha value is -8.93. The first kappa shape index (κ1) is 76.3. The van der Waals surface area contributed by atoms with Crippen LogP contribution in [0.1, 0.15) is 104 Å². The standard InChI is InChI=1S/C37H45N3O7.3C14H19NO3/c1-5-6-17-39(28-11-7-9-25(18-28)22-40(2,3)4)34(41)21-38-20-29(27-14-16-31-33(19-27)46-23-44-31)35(37(42)43)30(38)15-13-26-10-8-12-32-36(26)47-24-45-32;3*1-9-13(14(16)17)12(8-15(9)2)10-4-6-11(18-3)7-5-10/h7-12,14,16,18-19,29-30,35H,5-6,13,15,17,20-24H2,1-4H3;3*4-7,9,12-13H,8H2,1-3H3,(H,16,17)/p+1/t29-,30+,35-;3*9-,12+,13-/m1000/s1. The molecule has 4 saturated heterocycles. The van der Waals surface area contributed by atoms with Crippen molar-refractivity contribution in [3.05, 3.63) is 167 Å². The van der Waals surface area contributed by atoms with E-state index in [-0.39, 0.29) is 91.6 Å². The molecular formula is C79H103N6O16+. The summed E-state index contributed by atoms with van der Waals surface area (Å²) in [6.45, 7) is 12.7. The number of nitrogens with zero attached hydrogens (tertiary/aromatic N) is 6. The molecule has 0 spiro atoms. The van der Waals surface area contributed by atoms with Crippen LogP contribution in [-0.2, 0) is 36.9 Å². The van der Waals surface area contributed by atoms with E-state index in [2.05, 4.69) is 59.8 Å². The summed E-state index contributed by atoms with van der Waals surface area (Å²) in [7, 11) is 17.3. The fourth-order valence-corrected chi connectivity index (χ4v) is 15.4. The third-order valence-electron chi connectivity index (χ3n) is 21.2. The van der Waals surface area contributed by atoms with Crippen LogP contribution in [0.25, 0.3) is 0 Å². The van der Waals surface area contributed by atoms with Gasteiger partial charge in [0.2, 0.25) is 19.5 Å². The number of aliphatic carboxylic acids is 4. The van der Waals surface area contributed by atoms with Gasteiger partial charge < -0.3 is 77.7 Å². The number of rotatable bonds is 22. The van der Waals surface area contributed by atoms with Crippen molar-refractivity contribution in [2.75, 3.05) is 121 Å². The maximum Gasteiger partial charge on any atom is 0.308 e. The number of carbonyl (C=O) groups excluding carboxylic acids is 1. The van der Waals surface area contributed by atoms with Crippen LogP contribution in [-0.4, -0.2) is 215 Å². The molecule has 0 unspecified atom stereocenters. The van der Waals surface area contributed by atoms with Crippen molar-refractivity contribution in [2.45, 2.75) is 108 Å². The molecule has 0 aromatic heterocycles. The van der Waals surface area contributed by atoms with Gasteiger partial charge in [0.05, 0.1) is 72.7 Å². The van der Waals surface area contributed by atoms with Crippen molar-refractivity contribution in [2.24, 2.45) is 23.7 Å². The molecule has 4 N–H and O–H groups in total. The zero-order chi connectivity index (χ0) is 73.0.